The number of rotatable bonds is 4. The monoisotopic (exact) mass is 197 g/mol. The van der Waals surface area contributed by atoms with E-state index in [2.05, 4.69) is 17.4 Å². The number of hydrogen-bond donors (Lipinski definition) is 1. The molecule has 0 aliphatic rings. The van der Waals surface area contributed by atoms with Crippen LogP contribution in [-0.4, -0.2) is 29.7 Å². The first-order valence-electron chi connectivity index (χ1n) is 4.67. The molecule has 0 aliphatic carbocycles. The Labute approximate surface area is 83.1 Å². The van der Waals surface area contributed by atoms with Crippen LogP contribution in [0.5, 0.6) is 0 Å². The molecule has 0 aromatic carbocycles. The maximum Gasteiger partial charge on any atom is 0.323 e. The third-order valence-corrected chi connectivity index (χ3v) is 1.86. The fraction of sp³-hybridized carbons (Fsp3) is 0.556. The Morgan fingerprint density at radius 3 is 3.07 bits per heavy atom. The lowest BCUT2D eigenvalue weighted by Gasteiger charge is -2.15. The summed E-state index contributed by atoms with van der Waals surface area (Å²) >= 11 is 0. The summed E-state index contributed by atoms with van der Waals surface area (Å²) in [7, 11) is 1.75. The Kier molecular flexibility index (Phi) is 3.97. The zero-order valence-corrected chi connectivity index (χ0v) is 8.49. The van der Waals surface area contributed by atoms with Crippen LogP contribution >= 0.6 is 0 Å². The SMILES string of the molecule is CCCCN(C)C(=O)Nc1ccno1. The molecule has 0 spiro atoms. The second-order valence-electron chi connectivity index (χ2n) is 3.08. The van der Waals surface area contributed by atoms with Gasteiger partial charge in [0, 0.05) is 19.7 Å². The molecule has 1 aromatic heterocycles. The minimum absolute atomic E-state index is 0.171. The van der Waals surface area contributed by atoms with Crippen LogP contribution in [0.1, 0.15) is 19.8 Å². The van der Waals surface area contributed by atoms with Crippen LogP contribution in [0.4, 0.5) is 10.7 Å². The van der Waals surface area contributed by atoms with Crippen molar-refractivity contribution in [3.8, 4) is 0 Å². The topological polar surface area (TPSA) is 58.4 Å². The summed E-state index contributed by atoms with van der Waals surface area (Å²) in [6, 6.07) is 1.43. The van der Waals surface area contributed by atoms with Gasteiger partial charge >= 0.3 is 6.03 Å². The van der Waals surface area contributed by atoms with Gasteiger partial charge in [-0.15, -0.1) is 0 Å². The zero-order valence-electron chi connectivity index (χ0n) is 8.49. The molecule has 0 saturated heterocycles. The molecule has 0 atom stereocenters. The van der Waals surface area contributed by atoms with Gasteiger partial charge in [0.05, 0.1) is 6.20 Å². The average Bonchev–Trinajstić information content (AvgIpc) is 2.66. The number of urea groups is 1. The number of amides is 2. The molecule has 0 radical (unpaired) electrons. The minimum Gasteiger partial charge on any atom is -0.338 e. The fourth-order valence-corrected chi connectivity index (χ4v) is 0.978. The van der Waals surface area contributed by atoms with E-state index >= 15 is 0 Å². The first-order valence-corrected chi connectivity index (χ1v) is 4.67. The maximum atomic E-state index is 11.4. The van der Waals surface area contributed by atoms with Gasteiger partial charge in [0.1, 0.15) is 0 Å². The number of carbonyl (C=O) groups is 1. The Bertz CT molecular complexity index is 272. The van der Waals surface area contributed by atoms with Gasteiger partial charge in [-0.3, -0.25) is 5.32 Å². The lowest BCUT2D eigenvalue weighted by Crippen LogP contribution is -2.31. The smallest absolute Gasteiger partial charge is 0.323 e. The Morgan fingerprint density at radius 1 is 1.71 bits per heavy atom. The van der Waals surface area contributed by atoms with E-state index in [9.17, 15) is 4.79 Å². The normalized spacial score (nSPS) is 9.86. The molecule has 1 rings (SSSR count). The number of anilines is 1. The molecule has 0 unspecified atom stereocenters. The molecular formula is C9H15N3O2. The first-order chi connectivity index (χ1) is 6.74. The molecule has 1 heterocycles. The molecule has 1 aromatic rings. The van der Waals surface area contributed by atoms with Gasteiger partial charge in [-0.25, -0.2) is 4.79 Å². The predicted molar refractivity (Wildman–Crippen MR) is 53.1 cm³/mol. The summed E-state index contributed by atoms with van der Waals surface area (Å²) in [5.74, 6) is 0.373. The van der Waals surface area contributed by atoms with Crippen LogP contribution in [0.15, 0.2) is 16.8 Å². The van der Waals surface area contributed by atoms with E-state index < -0.39 is 0 Å². The van der Waals surface area contributed by atoms with Gasteiger partial charge in [0.15, 0.2) is 0 Å². The van der Waals surface area contributed by atoms with Gasteiger partial charge in [-0.2, -0.15) is 0 Å². The second-order valence-corrected chi connectivity index (χ2v) is 3.08. The van der Waals surface area contributed by atoms with E-state index in [1.54, 1.807) is 18.0 Å². The van der Waals surface area contributed by atoms with Crippen molar-refractivity contribution >= 4 is 11.9 Å². The van der Waals surface area contributed by atoms with E-state index in [1.165, 1.54) is 6.20 Å². The van der Waals surface area contributed by atoms with Crippen molar-refractivity contribution in [3.05, 3.63) is 12.3 Å². The van der Waals surface area contributed by atoms with Crippen LogP contribution in [0.25, 0.3) is 0 Å². The van der Waals surface area contributed by atoms with Gasteiger partial charge in [-0.05, 0) is 6.42 Å². The van der Waals surface area contributed by atoms with Crippen molar-refractivity contribution in [1.82, 2.24) is 10.1 Å². The van der Waals surface area contributed by atoms with E-state index in [-0.39, 0.29) is 6.03 Å². The van der Waals surface area contributed by atoms with Crippen molar-refractivity contribution in [1.29, 1.82) is 0 Å². The van der Waals surface area contributed by atoms with Crippen molar-refractivity contribution in [2.24, 2.45) is 0 Å². The predicted octanol–water partition coefficient (Wildman–Crippen LogP) is 1.94. The second kappa shape index (κ2) is 5.26. The van der Waals surface area contributed by atoms with Crippen LogP contribution in [0.3, 0.4) is 0 Å². The highest BCUT2D eigenvalue weighted by Crippen LogP contribution is 2.04. The van der Waals surface area contributed by atoms with Crippen LogP contribution in [0.2, 0.25) is 0 Å². The third-order valence-electron chi connectivity index (χ3n) is 1.86. The third kappa shape index (κ3) is 3.08. The highest BCUT2D eigenvalue weighted by atomic mass is 16.5. The first kappa shape index (κ1) is 10.6. The van der Waals surface area contributed by atoms with Crippen LogP contribution in [-0.2, 0) is 0 Å². The van der Waals surface area contributed by atoms with Crippen LogP contribution in [0, 0.1) is 0 Å². The number of nitrogens with zero attached hydrogens (tertiary/aromatic N) is 2. The summed E-state index contributed by atoms with van der Waals surface area (Å²) in [5.41, 5.74) is 0. The van der Waals surface area contributed by atoms with E-state index in [0.717, 1.165) is 19.4 Å². The minimum atomic E-state index is -0.171. The molecule has 14 heavy (non-hydrogen) atoms. The molecule has 0 aliphatic heterocycles. The quantitative estimate of drug-likeness (QED) is 0.802. The lowest BCUT2D eigenvalue weighted by atomic mass is 10.3. The van der Waals surface area contributed by atoms with Crippen molar-refractivity contribution < 1.29 is 9.32 Å². The fourth-order valence-electron chi connectivity index (χ4n) is 0.978. The van der Waals surface area contributed by atoms with E-state index in [4.69, 9.17) is 4.52 Å². The Hall–Kier alpha value is -1.52. The number of unbranched alkanes of at least 4 members (excludes halogenated alkanes) is 1. The molecule has 78 valence electrons. The van der Waals surface area contributed by atoms with Crippen molar-refractivity contribution in [3.63, 3.8) is 0 Å². The summed E-state index contributed by atoms with van der Waals surface area (Å²) in [5, 5.41) is 6.08. The molecule has 2 amide bonds. The standard InChI is InChI=1S/C9H15N3O2/c1-3-4-7-12(2)9(13)11-8-5-6-10-14-8/h5-6H,3-4,7H2,1-2H3,(H,11,13). The number of aromatic nitrogens is 1. The summed E-state index contributed by atoms with van der Waals surface area (Å²) in [6.45, 7) is 2.83. The van der Waals surface area contributed by atoms with Gasteiger partial charge < -0.3 is 9.42 Å². The number of carbonyl (C=O) groups excluding carboxylic acids is 1. The summed E-state index contributed by atoms with van der Waals surface area (Å²) in [6.07, 6.45) is 3.56. The molecule has 5 heteroatoms. The van der Waals surface area contributed by atoms with Gasteiger partial charge in [0.25, 0.3) is 0 Å². The van der Waals surface area contributed by atoms with Crippen molar-refractivity contribution in [2.75, 3.05) is 18.9 Å². The zero-order chi connectivity index (χ0) is 10.4. The highest BCUT2D eigenvalue weighted by molar-refractivity contribution is 5.87. The Balaban J connectivity index is 2.34. The number of hydrogen-bond acceptors (Lipinski definition) is 3. The summed E-state index contributed by atoms with van der Waals surface area (Å²) in [4.78, 5) is 13.1. The number of nitrogens with one attached hydrogen (secondary N) is 1. The van der Waals surface area contributed by atoms with Crippen LogP contribution < -0.4 is 5.32 Å². The molecular weight excluding hydrogens is 182 g/mol. The van der Waals surface area contributed by atoms with E-state index in [0.29, 0.717) is 5.88 Å². The Morgan fingerprint density at radius 2 is 2.50 bits per heavy atom. The van der Waals surface area contributed by atoms with E-state index in [1.807, 2.05) is 0 Å². The molecule has 1 N–H and O–H groups in total. The largest absolute Gasteiger partial charge is 0.338 e. The lowest BCUT2D eigenvalue weighted by molar-refractivity contribution is 0.221. The van der Waals surface area contributed by atoms with Crippen molar-refractivity contribution in [2.45, 2.75) is 19.8 Å². The maximum absolute atomic E-state index is 11.4. The molecule has 0 fully saturated rings. The molecule has 5 nitrogen and oxygen atoms in total. The summed E-state index contributed by atoms with van der Waals surface area (Å²) < 4.78 is 4.75. The molecule has 0 bridgehead atoms. The van der Waals surface area contributed by atoms with Gasteiger partial charge in [0.2, 0.25) is 5.88 Å². The average molecular weight is 197 g/mol. The highest BCUT2D eigenvalue weighted by Gasteiger charge is 2.09. The molecule has 0 saturated carbocycles. The van der Waals surface area contributed by atoms with Gasteiger partial charge in [-0.1, -0.05) is 18.5 Å².